The van der Waals surface area contributed by atoms with Gasteiger partial charge in [-0.1, -0.05) is 13.8 Å². The van der Waals surface area contributed by atoms with Gasteiger partial charge < -0.3 is 14.7 Å². The van der Waals surface area contributed by atoms with Gasteiger partial charge in [-0.3, -0.25) is 4.79 Å². The molecule has 0 N–H and O–H groups in total. The molecule has 3 fully saturated rings. The summed E-state index contributed by atoms with van der Waals surface area (Å²) in [5, 5.41) is 0. The molecular formula is C21H39N3O. The first-order chi connectivity index (χ1) is 12.0. The van der Waals surface area contributed by atoms with E-state index in [0.29, 0.717) is 11.8 Å². The van der Waals surface area contributed by atoms with E-state index in [1.807, 2.05) is 0 Å². The van der Waals surface area contributed by atoms with E-state index in [1.54, 1.807) is 0 Å². The van der Waals surface area contributed by atoms with Crippen LogP contribution >= 0.6 is 0 Å². The highest BCUT2D eigenvalue weighted by Gasteiger charge is 2.32. The summed E-state index contributed by atoms with van der Waals surface area (Å²) >= 11 is 0. The smallest absolute Gasteiger partial charge is 0.225 e. The third-order valence-electron chi connectivity index (χ3n) is 7.09. The largest absolute Gasteiger partial charge is 0.342 e. The molecule has 1 amide bonds. The second-order valence-corrected chi connectivity index (χ2v) is 9.23. The van der Waals surface area contributed by atoms with Crippen LogP contribution in [0.5, 0.6) is 0 Å². The molecule has 0 spiro atoms. The van der Waals surface area contributed by atoms with Crippen molar-refractivity contribution >= 4 is 5.91 Å². The summed E-state index contributed by atoms with van der Waals surface area (Å²) in [6.07, 6.45) is 7.27. The van der Waals surface area contributed by atoms with Gasteiger partial charge in [-0.05, 0) is 89.5 Å². The van der Waals surface area contributed by atoms with E-state index in [9.17, 15) is 4.79 Å². The molecule has 0 bridgehead atoms. The van der Waals surface area contributed by atoms with Crippen molar-refractivity contribution in [2.75, 3.05) is 52.9 Å². The molecule has 0 atom stereocenters. The molecule has 0 aromatic carbocycles. The minimum Gasteiger partial charge on any atom is -0.342 e. The average molecular weight is 350 g/mol. The number of likely N-dealkylation sites (tertiary alicyclic amines) is 3. The summed E-state index contributed by atoms with van der Waals surface area (Å²) < 4.78 is 0. The third kappa shape index (κ3) is 5.19. The van der Waals surface area contributed by atoms with Crippen molar-refractivity contribution in [1.29, 1.82) is 0 Å². The molecule has 0 radical (unpaired) electrons. The number of nitrogens with zero attached hydrogens (tertiary/aromatic N) is 3. The SMILES string of the molecule is CC(C)C1CCN(C(=O)C2CCN(CC3CCN(C)CC3)CC2)CC1. The topological polar surface area (TPSA) is 26.8 Å². The first kappa shape index (κ1) is 19.2. The van der Waals surface area contributed by atoms with Crippen LogP contribution in [0.25, 0.3) is 0 Å². The Morgan fingerprint density at radius 3 is 2.04 bits per heavy atom. The molecule has 0 unspecified atom stereocenters. The molecule has 0 aliphatic carbocycles. The van der Waals surface area contributed by atoms with Gasteiger partial charge in [0.15, 0.2) is 0 Å². The van der Waals surface area contributed by atoms with Crippen molar-refractivity contribution in [1.82, 2.24) is 14.7 Å². The standard InChI is InChI=1S/C21H39N3O/c1-17(2)19-8-14-24(15-9-19)21(25)20-6-12-23(13-7-20)16-18-4-10-22(3)11-5-18/h17-20H,4-16H2,1-3H3. The van der Waals surface area contributed by atoms with Gasteiger partial charge in [0.05, 0.1) is 0 Å². The Morgan fingerprint density at radius 2 is 1.48 bits per heavy atom. The van der Waals surface area contributed by atoms with Gasteiger partial charge in [0.1, 0.15) is 0 Å². The Hall–Kier alpha value is -0.610. The van der Waals surface area contributed by atoms with Crippen molar-refractivity contribution < 1.29 is 4.79 Å². The Labute approximate surface area is 154 Å². The number of carbonyl (C=O) groups excluding carboxylic acids is 1. The third-order valence-corrected chi connectivity index (χ3v) is 7.09. The van der Waals surface area contributed by atoms with Gasteiger partial charge in [0, 0.05) is 25.6 Å². The van der Waals surface area contributed by atoms with Crippen molar-refractivity contribution in [2.24, 2.45) is 23.7 Å². The van der Waals surface area contributed by atoms with Crippen LogP contribution in [0.15, 0.2) is 0 Å². The van der Waals surface area contributed by atoms with Crippen molar-refractivity contribution in [3.8, 4) is 0 Å². The fourth-order valence-electron chi connectivity index (χ4n) is 5.02. The summed E-state index contributed by atoms with van der Waals surface area (Å²) in [7, 11) is 2.23. The molecular weight excluding hydrogens is 310 g/mol. The van der Waals surface area contributed by atoms with E-state index in [1.165, 1.54) is 45.3 Å². The zero-order valence-electron chi connectivity index (χ0n) is 16.8. The van der Waals surface area contributed by atoms with E-state index in [-0.39, 0.29) is 0 Å². The first-order valence-electron chi connectivity index (χ1n) is 10.7. The molecule has 4 heteroatoms. The number of piperidine rings is 3. The second kappa shape index (κ2) is 8.85. The lowest BCUT2D eigenvalue weighted by atomic mass is 9.85. The fraction of sp³-hybridized carbons (Fsp3) is 0.952. The highest BCUT2D eigenvalue weighted by molar-refractivity contribution is 5.79. The highest BCUT2D eigenvalue weighted by atomic mass is 16.2. The number of carbonyl (C=O) groups is 1. The fourth-order valence-corrected chi connectivity index (χ4v) is 5.02. The van der Waals surface area contributed by atoms with Crippen molar-refractivity contribution in [3.63, 3.8) is 0 Å². The number of amides is 1. The second-order valence-electron chi connectivity index (χ2n) is 9.23. The van der Waals surface area contributed by atoms with Gasteiger partial charge >= 0.3 is 0 Å². The lowest BCUT2D eigenvalue weighted by Gasteiger charge is -2.39. The maximum absolute atomic E-state index is 12.9. The normalized spacial score (nSPS) is 26.5. The molecule has 3 saturated heterocycles. The molecule has 0 aromatic heterocycles. The Balaban J connectivity index is 1.38. The molecule has 144 valence electrons. The van der Waals surface area contributed by atoms with Crippen molar-refractivity contribution in [2.45, 2.75) is 52.4 Å². The minimum atomic E-state index is 0.296. The quantitative estimate of drug-likeness (QED) is 0.781. The lowest BCUT2D eigenvalue weighted by Crippen LogP contribution is -2.47. The van der Waals surface area contributed by atoms with Gasteiger partial charge in [0.2, 0.25) is 5.91 Å². The minimum absolute atomic E-state index is 0.296. The van der Waals surface area contributed by atoms with Crippen LogP contribution in [0.1, 0.15) is 52.4 Å². The summed E-state index contributed by atoms with van der Waals surface area (Å²) in [4.78, 5) is 20.1. The number of rotatable bonds is 4. The van der Waals surface area contributed by atoms with Gasteiger partial charge in [-0.25, -0.2) is 0 Å². The van der Waals surface area contributed by atoms with E-state index >= 15 is 0 Å². The number of hydrogen-bond acceptors (Lipinski definition) is 3. The Bertz CT molecular complexity index is 415. The molecule has 0 saturated carbocycles. The lowest BCUT2D eigenvalue weighted by molar-refractivity contribution is -0.138. The predicted octanol–water partition coefficient (Wildman–Crippen LogP) is 2.93. The summed E-state index contributed by atoms with van der Waals surface area (Å²) in [5.74, 6) is 3.21. The Morgan fingerprint density at radius 1 is 0.880 bits per heavy atom. The molecule has 3 heterocycles. The molecule has 0 aromatic rings. The molecule has 3 rings (SSSR count). The molecule has 3 aliphatic heterocycles. The van der Waals surface area contributed by atoms with E-state index in [4.69, 9.17) is 0 Å². The summed E-state index contributed by atoms with van der Waals surface area (Å²) in [6.45, 7) is 12.7. The summed E-state index contributed by atoms with van der Waals surface area (Å²) in [5.41, 5.74) is 0. The average Bonchev–Trinajstić information content (AvgIpc) is 2.64. The van der Waals surface area contributed by atoms with Crippen LogP contribution in [-0.2, 0) is 4.79 Å². The van der Waals surface area contributed by atoms with E-state index in [0.717, 1.165) is 56.8 Å². The van der Waals surface area contributed by atoms with Gasteiger partial charge in [0.25, 0.3) is 0 Å². The van der Waals surface area contributed by atoms with Crippen LogP contribution in [-0.4, -0.2) is 73.5 Å². The van der Waals surface area contributed by atoms with Crippen LogP contribution < -0.4 is 0 Å². The van der Waals surface area contributed by atoms with Crippen LogP contribution in [0.2, 0.25) is 0 Å². The van der Waals surface area contributed by atoms with E-state index in [2.05, 4.69) is 35.6 Å². The van der Waals surface area contributed by atoms with Gasteiger partial charge in [-0.2, -0.15) is 0 Å². The van der Waals surface area contributed by atoms with E-state index < -0.39 is 0 Å². The maximum Gasteiger partial charge on any atom is 0.225 e. The van der Waals surface area contributed by atoms with Gasteiger partial charge in [-0.15, -0.1) is 0 Å². The summed E-state index contributed by atoms with van der Waals surface area (Å²) in [6, 6.07) is 0. The molecule has 3 aliphatic rings. The van der Waals surface area contributed by atoms with Crippen LogP contribution in [0, 0.1) is 23.7 Å². The Kier molecular flexibility index (Phi) is 6.79. The zero-order valence-corrected chi connectivity index (χ0v) is 16.8. The maximum atomic E-state index is 12.9. The first-order valence-corrected chi connectivity index (χ1v) is 10.7. The molecule has 4 nitrogen and oxygen atoms in total. The van der Waals surface area contributed by atoms with Crippen LogP contribution in [0.4, 0.5) is 0 Å². The zero-order chi connectivity index (χ0) is 17.8. The molecule has 25 heavy (non-hydrogen) atoms. The van der Waals surface area contributed by atoms with Crippen LogP contribution in [0.3, 0.4) is 0 Å². The van der Waals surface area contributed by atoms with Crippen molar-refractivity contribution in [3.05, 3.63) is 0 Å². The number of hydrogen-bond donors (Lipinski definition) is 0. The highest BCUT2D eigenvalue weighted by Crippen LogP contribution is 2.28. The monoisotopic (exact) mass is 349 g/mol. The predicted molar refractivity (Wildman–Crippen MR) is 104 cm³/mol.